The molecule has 1 aromatic carbocycles. The number of halogens is 2. The monoisotopic (exact) mass is 379 g/mol. The molecular weight excluding hydrogens is 361 g/mol. The molecule has 1 fully saturated rings. The molecule has 0 aromatic heterocycles. The van der Waals surface area contributed by atoms with Gasteiger partial charge in [-0.15, -0.1) is 0 Å². The Balaban J connectivity index is 1.86. The summed E-state index contributed by atoms with van der Waals surface area (Å²) in [5.41, 5.74) is 0.344. The first-order valence-corrected chi connectivity index (χ1v) is 9.56. The summed E-state index contributed by atoms with van der Waals surface area (Å²) in [6.07, 6.45) is 0. The van der Waals surface area contributed by atoms with E-state index in [1.165, 1.54) is 16.4 Å². The first-order valence-electron chi connectivity index (χ1n) is 7.19. The number of hydrogen-bond donors (Lipinski definition) is 1. The topological polar surface area (TPSA) is 69.7 Å². The second-order valence-corrected chi connectivity index (χ2v) is 8.31. The molecule has 0 atom stereocenters. The minimum absolute atomic E-state index is 0.0494. The number of carbonyl (C=O) groups is 1. The number of carbonyl (C=O) groups excluding carboxylic acids is 1. The SMILES string of the molecule is CN1CCN(S(=O)(=O)CCNC(=O)c2ccc(Cl)c(Cl)c2)CC1. The van der Waals surface area contributed by atoms with Crippen molar-refractivity contribution < 1.29 is 13.2 Å². The Kier molecular flexibility index (Phi) is 6.27. The summed E-state index contributed by atoms with van der Waals surface area (Å²) >= 11 is 11.7. The molecule has 2 rings (SSSR count). The third-order valence-electron chi connectivity index (χ3n) is 3.68. The second-order valence-electron chi connectivity index (χ2n) is 5.40. The van der Waals surface area contributed by atoms with E-state index in [9.17, 15) is 13.2 Å². The van der Waals surface area contributed by atoms with Gasteiger partial charge in [0.25, 0.3) is 5.91 Å². The normalized spacial score (nSPS) is 17.2. The van der Waals surface area contributed by atoms with Gasteiger partial charge in [0.1, 0.15) is 0 Å². The number of rotatable bonds is 5. The molecule has 128 valence electrons. The van der Waals surface area contributed by atoms with Crippen LogP contribution in [0.5, 0.6) is 0 Å². The molecule has 1 aromatic rings. The first kappa shape index (κ1) is 18.5. The molecule has 6 nitrogen and oxygen atoms in total. The van der Waals surface area contributed by atoms with E-state index in [0.717, 1.165) is 13.1 Å². The summed E-state index contributed by atoms with van der Waals surface area (Å²) in [6.45, 7) is 2.45. The van der Waals surface area contributed by atoms with Crippen LogP contribution >= 0.6 is 23.2 Å². The Morgan fingerprint density at radius 2 is 1.83 bits per heavy atom. The van der Waals surface area contributed by atoms with E-state index >= 15 is 0 Å². The second kappa shape index (κ2) is 7.81. The van der Waals surface area contributed by atoms with Crippen molar-refractivity contribution in [1.29, 1.82) is 0 Å². The van der Waals surface area contributed by atoms with Crippen molar-refractivity contribution in [2.45, 2.75) is 0 Å². The largest absolute Gasteiger partial charge is 0.351 e. The van der Waals surface area contributed by atoms with Crippen LogP contribution in [-0.4, -0.2) is 69.1 Å². The van der Waals surface area contributed by atoms with Gasteiger partial charge in [-0.3, -0.25) is 4.79 Å². The molecule has 0 radical (unpaired) electrons. The number of hydrogen-bond acceptors (Lipinski definition) is 4. The molecule has 0 unspecified atom stereocenters. The van der Waals surface area contributed by atoms with Gasteiger partial charge >= 0.3 is 0 Å². The summed E-state index contributed by atoms with van der Waals surface area (Å²) in [5.74, 6) is -0.499. The Morgan fingerprint density at radius 3 is 2.43 bits per heavy atom. The highest BCUT2D eigenvalue weighted by molar-refractivity contribution is 7.89. The van der Waals surface area contributed by atoms with E-state index in [-0.39, 0.29) is 23.2 Å². The van der Waals surface area contributed by atoms with Crippen LogP contribution < -0.4 is 5.32 Å². The van der Waals surface area contributed by atoms with Crippen LogP contribution in [0.2, 0.25) is 10.0 Å². The van der Waals surface area contributed by atoms with E-state index in [0.29, 0.717) is 23.7 Å². The lowest BCUT2D eigenvalue weighted by Crippen LogP contribution is -2.48. The van der Waals surface area contributed by atoms with E-state index in [1.54, 1.807) is 6.07 Å². The summed E-state index contributed by atoms with van der Waals surface area (Å²) in [7, 11) is -1.39. The zero-order valence-electron chi connectivity index (χ0n) is 12.8. The predicted octanol–water partition coefficient (Wildman–Crippen LogP) is 1.30. The molecule has 0 saturated carbocycles. The number of nitrogens with zero attached hydrogens (tertiary/aromatic N) is 2. The number of sulfonamides is 1. The minimum Gasteiger partial charge on any atom is -0.351 e. The van der Waals surface area contributed by atoms with Gasteiger partial charge in [-0.1, -0.05) is 23.2 Å². The lowest BCUT2D eigenvalue weighted by atomic mass is 10.2. The van der Waals surface area contributed by atoms with Crippen LogP contribution in [0.25, 0.3) is 0 Å². The Morgan fingerprint density at radius 1 is 1.17 bits per heavy atom. The van der Waals surface area contributed by atoms with Crippen LogP contribution in [0.4, 0.5) is 0 Å². The number of piperazine rings is 1. The van der Waals surface area contributed by atoms with E-state index in [2.05, 4.69) is 10.2 Å². The summed E-state index contributed by atoms with van der Waals surface area (Å²) in [5, 5.41) is 3.24. The van der Waals surface area contributed by atoms with Crippen molar-refractivity contribution in [3.63, 3.8) is 0 Å². The van der Waals surface area contributed by atoms with Crippen LogP contribution in [0.3, 0.4) is 0 Å². The molecule has 1 aliphatic rings. The van der Waals surface area contributed by atoms with E-state index < -0.39 is 10.0 Å². The average molecular weight is 380 g/mol. The fraction of sp³-hybridized carbons (Fsp3) is 0.500. The minimum atomic E-state index is -3.35. The maximum absolute atomic E-state index is 12.2. The standard InChI is InChI=1S/C14H19Cl2N3O3S/c1-18-5-7-19(8-6-18)23(21,22)9-4-17-14(20)11-2-3-12(15)13(16)10-11/h2-3,10H,4-9H2,1H3,(H,17,20). The zero-order chi connectivity index (χ0) is 17.0. The van der Waals surface area contributed by atoms with E-state index in [1.807, 2.05) is 7.05 Å². The van der Waals surface area contributed by atoms with Gasteiger partial charge in [-0.05, 0) is 25.2 Å². The average Bonchev–Trinajstić information content (AvgIpc) is 2.50. The van der Waals surface area contributed by atoms with Crippen LogP contribution in [0, 0.1) is 0 Å². The lowest BCUT2D eigenvalue weighted by Gasteiger charge is -2.31. The Bertz CT molecular complexity index is 674. The van der Waals surface area contributed by atoms with Crippen molar-refractivity contribution in [2.24, 2.45) is 0 Å². The number of amides is 1. The molecule has 1 saturated heterocycles. The molecule has 0 bridgehead atoms. The first-order chi connectivity index (χ1) is 10.8. The predicted molar refractivity (Wildman–Crippen MR) is 91.7 cm³/mol. The third kappa shape index (κ3) is 5.06. The molecule has 1 heterocycles. The molecule has 1 aliphatic heterocycles. The molecule has 1 N–H and O–H groups in total. The van der Waals surface area contributed by atoms with Gasteiger partial charge in [0.05, 0.1) is 15.8 Å². The fourth-order valence-electron chi connectivity index (χ4n) is 2.23. The van der Waals surface area contributed by atoms with Gasteiger partial charge in [0.2, 0.25) is 10.0 Å². The smallest absolute Gasteiger partial charge is 0.251 e. The quantitative estimate of drug-likeness (QED) is 0.836. The van der Waals surface area contributed by atoms with Crippen LogP contribution in [-0.2, 0) is 10.0 Å². The number of nitrogens with one attached hydrogen (secondary N) is 1. The maximum atomic E-state index is 12.2. The van der Waals surface area contributed by atoms with Crippen molar-refractivity contribution in [3.05, 3.63) is 33.8 Å². The molecule has 1 amide bonds. The Labute approximate surface area is 146 Å². The molecule has 0 spiro atoms. The van der Waals surface area contributed by atoms with Crippen LogP contribution in [0.1, 0.15) is 10.4 Å². The highest BCUT2D eigenvalue weighted by Gasteiger charge is 2.25. The van der Waals surface area contributed by atoms with Gasteiger partial charge in [-0.2, -0.15) is 4.31 Å². The van der Waals surface area contributed by atoms with E-state index in [4.69, 9.17) is 23.2 Å². The zero-order valence-corrected chi connectivity index (χ0v) is 15.1. The summed E-state index contributed by atoms with van der Waals surface area (Å²) < 4.78 is 25.9. The fourth-order valence-corrected chi connectivity index (χ4v) is 3.86. The van der Waals surface area contributed by atoms with Crippen molar-refractivity contribution in [3.8, 4) is 0 Å². The number of likely N-dealkylation sites (N-methyl/N-ethyl adjacent to an activating group) is 1. The van der Waals surface area contributed by atoms with Gasteiger partial charge in [-0.25, -0.2) is 8.42 Å². The molecular formula is C14H19Cl2N3O3S. The lowest BCUT2D eigenvalue weighted by molar-refractivity contribution is 0.0956. The molecule has 23 heavy (non-hydrogen) atoms. The number of benzene rings is 1. The maximum Gasteiger partial charge on any atom is 0.251 e. The van der Waals surface area contributed by atoms with Crippen molar-refractivity contribution in [2.75, 3.05) is 45.5 Å². The summed E-state index contributed by atoms with van der Waals surface area (Å²) in [4.78, 5) is 14.1. The van der Waals surface area contributed by atoms with Crippen molar-refractivity contribution in [1.82, 2.24) is 14.5 Å². The van der Waals surface area contributed by atoms with Crippen LogP contribution in [0.15, 0.2) is 18.2 Å². The Hall–Kier alpha value is -0.860. The highest BCUT2D eigenvalue weighted by atomic mass is 35.5. The van der Waals surface area contributed by atoms with Gasteiger partial charge < -0.3 is 10.2 Å². The third-order valence-corrected chi connectivity index (χ3v) is 6.29. The molecule has 9 heteroatoms. The van der Waals surface area contributed by atoms with Gasteiger partial charge in [0.15, 0.2) is 0 Å². The molecule has 0 aliphatic carbocycles. The summed E-state index contributed by atoms with van der Waals surface area (Å²) in [6, 6.07) is 4.52. The highest BCUT2D eigenvalue weighted by Crippen LogP contribution is 2.22. The van der Waals surface area contributed by atoms with Gasteiger partial charge in [0, 0.05) is 38.3 Å². The van der Waals surface area contributed by atoms with Crippen molar-refractivity contribution >= 4 is 39.1 Å².